The number of phenols is 1. The summed E-state index contributed by atoms with van der Waals surface area (Å²) in [5, 5.41) is 21.5. The summed E-state index contributed by atoms with van der Waals surface area (Å²) >= 11 is 14.9. The van der Waals surface area contributed by atoms with Gasteiger partial charge in [-0.3, -0.25) is 15.1 Å². The van der Waals surface area contributed by atoms with Gasteiger partial charge in [0.15, 0.2) is 0 Å². The predicted octanol–water partition coefficient (Wildman–Crippen LogP) is 5.12. The molecule has 0 amide bonds. The number of nitro benzene ring substituents is 1. The van der Waals surface area contributed by atoms with Gasteiger partial charge in [-0.15, -0.1) is 0 Å². The molecule has 0 heterocycles. The third-order valence-electron chi connectivity index (χ3n) is 2.53. The Morgan fingerprint density at radius 3 is 2.67 bits per heavy atom. The van der Waals surface area contributed by atoms with Crippen molar-refractivity contribution in [2.75, 3.05) is 0 Å². The number of benzene rings is 2. The van der Waals surface area contributed by atoms with Gasteiger partial charge in [0.1, 0.15) is 0 Å². The molecule has 0 aliphatic heterocycles. The summed E-state index contributed by atoms with van der Waals surface area (Å²) in [6.07, 6.45) is 1.28. The van der Waals surface area contributed by atoms with Gasteiger partial charge in [-0.1, -0.05) is 39.1 Å². The van der Waals surface area contributed by atoms with Crippen molar-refractivity contribution >= 4 is 56.7 Å². The SMILES string of the molecule is O=[N+]([O-])c1cc(Br)cc(/C=N/c2cc(Cl)ccc2Cl)c1O. The van der Waals surface area contributed by atoms with Gasteiger partial charge in [-0.05, 0) is 24.3 Å². The number of aromatic hydroxyl groups is 1. The fourth-order valence-electron chi connectivity index (χ4n) is 1.57. The smallest absolute Gasteiger partial charge is 0.312 e. The van der Waals surface area contributed by atoms with Crippen molar-refractivity contribution in [2.45, 2.75) is 0 Å². The number of phenolic OH excluding ortho intramolecular Hbond substituents is 1. The second-order valence-electron chi connectivity index (χ2n) is 3.97. The van der Waals surface area contributed by atoms with E-state index in [1.54, 1.807) is 18.2 Å². The Balaban J connectivity index is 2.46. The van der Waals surface area contributed by atoms with Crippen molar-refractivity contribution in [1.82, 2.24) is 0 Å². The van der Waals surface area contributed by atoms with E-state index in [2.05, 4.69) is 20.9 Å². The highest BCUT2D eigenvalue weighted by Crippen LogP contribution is 2.33. The molecule has 2 rings (SSSR count). The van der Waals surface area contributed by atoms with E-state index in [4.69, 9.17) is 23.2 Å². The first-order chi connectivity index (χ1) is 9.88. The molecule has 5 nitrogen and oxygen atoms in total. The lowest BCUT2D eigenvalue weighted by atomic mass is 10.2. The Labute approximate surface area is 138 Å². The fourth-order valence-corrected chi connectivity index (χ4v) is 2.36. The van der Waals surface area contributed by atoms with Crippen LogP contribution in [0.5, 0.6) is 5.75 Å². The molecule has 8 heteroatoms. The minimum absolute atomic E-state index is 0.187. The topological polar surface area (TPSA) is 75.7 Å². The standard InChI is InChI=1S/C13H7BrCl2N2O3/c14-8-3-7(13(19)12(4-8)18(20)21)6-17-11-5-9(15)1-2-10(11)16/h1-6,19H/b17-6+. The Kier molecular flexibility index (Phi) is 4.82. The lowest BCUT2D eigenvalue weighted by Crippen LogP contribution is -1.92. The quantitative estimate of drug-likeness (QED) is 0.449. The highest BCUT2D eigenvalue weighted by Gasteiger charge is 2.17. The third kappa shape index (κ3) is 3.72. The summed E-state index contributed by atoms with van der Waals surface area (Å²) in [6, 6.07) is 7.46. The predicted molar refractivity (Wildman–Crippen MR) is 86.2 cm³/mol. The highest BCUT2D eigenvalue weighted by molar-refractivity contribution is 9.10. The Morgan fingerprint density at radius 2 is 2.00 bits per heavy atom. The first kappa shape index (κ1) is 15.8. The largest absolute Gasteiger partial charge is 0.502 e. The second-order valence-corrected chi connectivity index (χ2v) is 5.73. The van der Waals surface area contributed by atoms with Crippen LogP contribution in [0.15, 0.2) is 39.8 Å². The molecule has 0 saturated carbocycles. The zero-order chi connectivity index (χ0) is 15.6. The summed E-state index contributed by atoms with van der Waals surface area (Å²) in [5.74, 6) is -0.467. The van der Waals surface area contributed by atoms with E-state index in [-0.39, 0.29) is 5.56 Å². The van der Waals surface area contributed by atoms with E-state index < -0.39 is 16.4 Å². The molecule has 2 aromatic rings. The first-order valence-corrected chi connectivity index (χ1v) is 7.09. The Bertz CT molecular complexity index is 750. The van der Waals surface area contributed by atoms with Crippen LogP contribution < -0.4 is 0 Å². The summed E-state index contributed by atoms with van der Waals surface area (Å²) in [7, 11) is 0. The van der Waals surface area contributed by atoms with Crippen LogP contribution >= 0.6 is 39.1 Å². The zero-order valence-electron chi connectivity index (χ0n) is 10.3. The molecule has 0 spiro atoms. The zero-order valence-corrected chi connectivity index (χ0v) is 13.4. The molecule has 2 aromatic carbocycles. The molecule has 108 valence electrons. The average molecular weight is 390 g/mol. The molecule has 0 unspecified atom stereocenters. The normalized spacial score (nSPS) is 11.0. The number of rotatable bonds is 3. The van der Waals surface area contributed by atoms with Gasteiger partial charge in [0.05, 0.1) is 15.6 Å². The maximum Gasteiger partial charge on any atom is 0.312 e. The number of aliphatic imine (C=N–C) groups is 1. The van der Waals surface area contributed by atoms with Gasteiger partial charge in [-0.25, -0.2) is 0 Å². The van der Waals surface area contributed by atoms with Gasteiger partial charge in [-0.2, -0.15) is 0 Å². The summed E-state index contributed by atoms with van der Waals surface area (Å²) in [6.45, 7) is 0. The summed E-state index contributed by atoms with van der Waals surface area (Å²) in [5.41, 5.74) is 0.168. The number of nitro groups is 1. The van der Waals surface area contributed by atoms with Crippen LogP contribution in [-0.2, 0) is 0 Å². The van der Waals surface area contributed by atoms with E-state index in [1.807, 2.05) is 0 Å². The molecule has 0 bridgehead atoms. The summed E-state index contributed by atoms with van der Waals surface area (Å²) in [4.78, 5) is 14.3. The van der Waals surface area contributed by atoms with E-state index in [1.165, 1.54) is 18.3 Å². The highest BCUT2D eigenvalue weighted by atomic mass is 79.9. The maximum absolute atomic E-state index is 10.8. The molecule has 1 N–H and O–H groups in total. The fraction of sp³-hybridized carbons (Fsp3) is 0. The number of hydrogen-bond donors (Lipinski definition) is 1. The molecule has 0 fully saturated rings. The van der Waals surface area contributed by atoms with Crippen molar-refractivity contribution in [2.24, 2.45) is 4.99 Å². The van der Waals surface area contributed by atoms with Crippen molar-refractivity contribution < 1.29 is 10.0 Å². The van der Waals surface area contributed by atoms with Gasteiger partial charge < -0.3 is 5.11 Å². The van der Waals surface area contributed by atoms with Crippen LogP contribution in [0.25, 0.3) is 0 Å². The molecular formula is C13H7BrCl2N2O3. The second kappa shape index (κ2) is 6.43. The van der Waals surface area contributed by atoms with Crippen molar-refractivity contribution in [3.05, 3.63) is 60.5 Å². The molecule has 0 saturated heterocycles. The maximum atomic E-state index is 10.8. The van der Waals surface area contributed by atoms with Gasteiger partial charge in [0.2, 0.25) is 5.75 Å². The third-order valence-corrected chi connectivity index (χ3v) is 3.54. The van der Waals surface area contributed by atoms with E-state index in [0.29, 0.717) is 20.2 Å². The van der Waals surface area contributed by atoms with Gasteiger partial charge in [0, 0.05) is 27.3 Å². The van der Waals surface area contributed by atoms with Crippen molar-refractivity contribution in [3.8, 4) is 5.75 Å². The number of hydrogen-bond acceptors (Lipinski definition) is 4. The van der Waals surface area contributed by atoms with E-state index in [9.17, 15) is 15.2 Å². The minimum Gasteiger partial charge on any atom is -0.502 e. The molecule has 21 heavy (non-hydrogen) atoms. The van der Waals surface area contributed by atoms with E-state index in [0.717, 1.165) is 0 Å². The van der Waals surface area contributed by atoms with Crippen molar-refractivity contribution in [3.63, 3.8) is 0 Å². The number of halogens is 3. The lowest BCUT2D eigenvalue weighted by molar-refractivity contribution is -0.385. The summed E-state index contributed by atoms with van der Waals surface area (Å²) < 4.78 is 0.450. The average Bonchev–Trinajstić information content (AvgIpc) is 2.42. The van der Waals surface area contributed by atoms with Crippen LogP contribution in [0.1, 0.15) is 5.56 Å². The molecule has 0 radical (unpaired) electrons. The van der Waals surface area contributed by atoms with Gasteiger partial charge in [0.25, 0.3) is 0 Å². The monoisotopic (exact) mass is 388 g/mol. The van der Waals surface area contributed by atoms with Crippen LogP contribution in [0.3, 0.4) is 0 Å². The van der Waals surface area contributed by atoms with E-state index >= 15 is 0 Å². The Morgan fingerprint density at radius 1 is 1.29 bits per heavy atom. The molecule has 0 aromatic heterocycles. The van der Waals surface area contributed by atoms with Crippen LogP contribution in [0, 0.1) is 10.1 Å². The molecule has 0 aliphatic rings. The van der Waals surface area contributed by atoms with Crippen LogP contribution in [0.2, 0.25) is 10.0 Å². The molecule has 0 aliphatic carbocycles. The molecule has 0 atom stereocenters. The van der Waals surface area contributed by atoms with Crippen molar-refractivity contribution in [1.29, 1.82) is 0 Å². The van der Waals surface area contributed by atoms with Crippen LogP contribution in [-0.4, -0.2) is 16.2 Å². The van der Waals surface area contributed by atoms with Crippen LogP contribution in [0.4, 0.5) is 11.4 Å². The number of nitrogens with zero attached hydrogens (tertiary/aromatic N) is 2. The van der Waals surface area contributed by atoms with Gasteiger partial charge >= 0.3 is 5.69 Å². The first-order valence-electron chi connectivity index (χ1n) is 5.54. The minimum atomic E-state index is -0.677. The lowest BCUT2D eigenvalue weighted by Gasteiger charge is -2.02. The molecular weight excluding hydrogens is 383 g/mol. The Hall–Kier alpha value is -1.63.